The standard InChI is InChI=1S/C19H30N4O3/c1-19(2,15-24)14-23-9-6-17(20-23)16-4-3-7-21(8-5-16)18(25)22-10-12-26-13-11-22/h6,9,15-16H,3-5,7-8,10-14H2,1-2H3. The van der Waals surface area contributed by atoms with E-state index >= 15 is 0 Å². The van der Waals surface area contributed by atoms with Gasteiger partial charge in [0.15, 0.2) is 0 Å². The van der Waals surface area contributed by atoms with E-state index in [1.807, 2.05) is 34.5 Å². The maximum absolute atomic E-state index is 12.7. The first-order valence-corrected chi connectivity index (χ1v) is 9.60. The molecular weight excluding hydrogens is 332 g/mol. The van der Waals surface area contributed by atoms with E-state index < -0.39 is 5.41 Å². The van der Waals surface area contributed by atoms with Crippen molar-refractivity contribution in [1.82, 2.24) is 19.6 Å². The van der Waals surface area contributed by atoms with Crippen molar-refractivity contribution in [3.05, 3.63) is 18.0 Å². The number of amides is 2. The number of hydrogen-bond donors (Lipinski definition) is 0. The summed E-state index contributed by atoms with van der Waals surface area (Å²) < 4.78 is 7.20. The van der Waals surface area contributed by atoms with E-state index in [9.17, 15) is 9.59 Å². The van der Waals surface area contributed by atoms with Crippen molar-refractivity contribution in [2.45, 2.75) is 45.6 Å². The van der Waals surface area contributed by atoms with Crippen molar-refractivity contribution in [2.75, 3.05) is 39.4 Å². The van der Waals surface area contributed by atoms with Crippen LogP contribution in [-0.2, 0) is 16.1 Å². The van der Waals surface area contributed by atoms with Gasteiger partial charge in [-0.3, -0.25) is 4.68 Å². The van der Waals surface area contributed by atoms with Crippen molar-refractivity contribution in [3.63, 3.8) is 0 Å². The molecule has 2 fully saturated rings. The van der Waals surface area contributed by atoms with E-state index in [1.165, 1.54) is 0 Å². The normalized spacial score (nSPS) is 22.2. The number of nitrogens with zero attached hydrogens (tertiary/aromatic N) is 4. The van der Waals surface area contributed by atoms with Gasteiger partial charge in [0.2, 0.25) is 0 Å². The highest BCUT2D eigenvalue weighted by molar-refractivity contribution is 5.74. The fourth-order valence-electron chi connectivity index (χ4n) is 3.68. The molecule has 0 N–H and O–H groups in total. The van der Waals surface area contributed by atoms with Gasteiger partial charge in [-0.15, -0.1) is 0 Å². The van der Waals surface area contributed by atoms with Crippen LogP contribution in [0.3, 0.4) is 0 Å². The molecule has 1 aromatic rings. The van der Waals surface area contributed by atoms with Crippen LogP contribution in [0.5, 0.6) is 0 Å². The number of morpholine rings is 1. The van der Waals surface area contributed by atoms with Crippen LogP contribution in [0.25, 0.3) is 0 Å². The first-order chi connectivity index (χ1) is 12.5. The Morgan fingerprint density at radius 2 is 1.96 bits per heavy atom. The van der Waals surface area contributed by atoms with Crippen LogP contribution in [0, 0.1) is 5.41 Å². The summed E-state index contributed by atoms with van der Waals surface area (Å²) in [6.07, 6.45) is 5.91. The van der Waals surface area contributed by atoms with Crippen molar-refractivity contribution in [3.8, 4) is 0 Å². The average molecular weight is 362 g/mol. The summed E-state index contributed by atoms with van der Waals surface area (Å²) in [5, 5.41) is 4.70. The van der Waals surface area contributed by atoms with E-state index in [0.29, 0.717) is 38.8 Å². The number of urea groups is 1. The molecule has 2 saturated heterocycles. The molecule has 144 valence electrons. The molecule has 2 aliphatic heterocycles. The number of aromatic nitrogens is 2. The highest BCUT2D eigenvalue weighted by Gasteiger charge is 2.27. The monoisotopic (exact) mass is 362 g/mol. The minimum absolute atomic E-state index is 0.146. The molecule has 3 rings (SSSR count). The summed E-state index contributed by atoms with van der Waals surface area (Å²) in [6, 6.07) is 2.21. The SMILES string of the molecule is CC(C)(C=O)Cn1ccc(C2CCCN(C(=O)N3CCOCC3)CC2)n1. The molecule has 0 spiro atoms. The number of carbonyl (C=O) groups is 2. The fourth-order valence-corrected chi connectivity index (χ4v) is 3.68. The second-order valence-corrected chi connectivity index (χ2v) is 8.04. The predicted molar refractivity (Wildman–Crippen MR) is 98.0 cm³/mol. The number of carbonyl (C=O) groups excluding carboxylic acids is 2. The van der Waals surface area contributed by atoms with Gasteiger partial charge in [0, 0.05) is 43.7 Å². The van der Waals surface area contributed by atoms with Gasteiger partial charge in [-0.05, 0) is 25.3 Å². The molecule has 7 heteroatoms. The van der Waals surface area contributed by atoms with Gasteiger partial charge in [0.25, 0.3) is 0 Å². The first-order valence-electron chi connectivity index (χ1n) is 9.60. The second-order valence-electron chi connectivity index (χ2n) is 8.04. The second kappa shape index (κ2) is 8.20. The topological polar surface area (TPSA) is 67.7 Å². The van der Waals surface area contributed by atoms with E-state index in [1.54, 1.807) is 0 Å². The molecule has 0 radical (unpaired) electrons. The summed E-state index contributed by atoms with van der Waals surface area (Å²) in [7, 11) is 0. The molecule has 2 amide bonds. The highest BCUT2D eigenvalue weighted by atomic mass is 16.5. The number of rotatable bonds is 4. The summed E-state index contributed by atoms with van der Waals surface area (Å²) in [5.41, 5.74) is 0.668. The Kier molecular flexibility index (Phi) is 5.96. The maximum Gasteiger partial charge on any atom is 0.320 e. The zero-order valence-electron chi connectivity index (χ0n) is 15.9. The third kappa shape index (κ3) is 4.63. The van der Waals surface area contributed by atoms with Gasteiger partial charge in [0.1, 0.15) is 6.29 Å². The summed E-state index contributed by atoms with van der Waals surface area (Å²) in [4.78, 5) is 27.7. The Bertz CT molecular complexity index is 622. The zero-order valence-corrected chi connectivity index (χ0v) is 15.9. The molecule has 0 saturated carbocycles. The predicted octanol–water partition coefficient (Wildman–Crippen LogP) is 2.13. The lowest BCUT2D eigenvalue weighted by molar-refractivity contribution is -0.115. The quantitative estimate of drug-likeness (QED) is 0.770. The largest absolute Gasteiger partial charge is 0.378 e. The van der Waals surface area contributed by atoms with Crippen molar-refractivity contribution < 1.29 is 14.3 Å². The summed E-state index contributed by atoms with van der Waals surface area (Å²) in [5.74, 6) is 0.373. The van der Waals surface area contributed by atoms with Crippen LogP contribution in [0.15, 0.2) is 12.3 Å². The molecule has 0 bridgehead atoms. The number of likely N-dealkylation sites (tertiary alicyclic amines) is 1. The Morgan fingerprint density at radius 1 is 1.23 bits per heavy atom. The zero-order chi connectivity index (χ0) is 18.6. The maximum atomic E-state index is 12.7. The van der Waals surface area contributed by atoms with Crippen LogP contribution >= 0.6 is 0 Å². The molecule has 1 atom stereocenters. The molecular formula is C19H30N4O3. The smallest absolute Gasteiger partial charge is 0.320 e. The molecule has 7 nitrogen and oxygen atoms in total. The van der Waals surface area contributed by atoms with Crippen molar-refractivity contribution in [2.24, 2.45) is 5.41 Å². The lowest BCUT2D eigenvalue weighted by Crippen LogP contribution is -2.48. The van der Waals surface area contributed by atoms with E-state index in [4.69, 9.17) is 9.84 Å². The molecule has 0 aliphatic carbocycles. The Labute approximate surface area is 155 Å². The fraction of sp³-hybridized carbons (Fsp3) is 0.737. The van der Waals surface area contributed by atoms with Crippen LogP contribution in [0.4, 0.5) is 4.79 Å². The van der Waals surface area contributed by atoms with Crippen molar-refractivity contribution >= 4 is 12.3 Å². The van der Waals surface area contributed by atoms with Crippen LogP contribution in [-0.4, -0.2) is 71.3 Å². The van der Waals surface area contributed by atoms with E-state index in [0.717, 1.165) is 44.3 Å². The molecule has 2 aliphatic rings. The van der Waals surface area contributed by atoms with Gasteiger partial charge < -0.3 is 19.3 Å². The minimum atomic E-state index is -0.409. The summed E-state index contributed by atoms with van der Waals surface area (Å²) >= 11 is 0. The lowest BCUT2D eigenvalue weighted by atomic mass is 9.96. The van der Waals surface area contributed by atoms with Crippen LogP contribution in [0.1, 0.15) is 44.7 Å². The Balaban J connectivity index is 1.57. The number of aldehydes is 1. The Morgan fingerprint density at radius 3 is 2.69 bits per heavy atom. The van der Waals surface area contributed by atoms with Crippen LogP contribution in [0.2, 0.25) is 0 Å². The van der Waals surface area contributed by atoms with Gasteiger partial charge in [-0.2, -0.15) is 5.10 Å². The van der Waals surface area contributed by atoms with E-state index in [-0.39, 0.29) is 6.03 Å². The molecule has 0 aromatic carbocycles. The van der Waals surface area contributed by atoms with E-state index in [2.05, 4.69) is 6.07 Å². The average Bonchev–Trinajstić information content (AvgIpc) is 2.96. The molecule has 1 unspecified atom stereocenters. The minimum Gasteiger partial charge on any atom is -0.378 e. The highest BCUT2D eigenvalue weighted by Crippen LogP contribution is 2.28. The molecule has 3 heterocycles. The number of hydrogen-bond acceptors (Lipinski definition) is 4. The first kappa shape index (κ1) is 18.9. The van der Waals surface area contributed by atoms with Gasteiger partial charge in [-0.1, -0.05) is 13.8 Å². The number of ether oxygens (including phenoxy) is 1. The summed E-state index contributed by atoms with van der Waals surface area (Å²) in [6.45, 7) is 8.66. The van der Waals surface area contributed by atoms with Gasteiger partial charge in [-0.25, -0.2) is 4.79 Å². The third-order valence-corrected chi connectivity index (χ3v) is 5.25. The lowest BCUT2D eigenvalue weighted by Gasteiger charge is -2.32. The Hall–Kier alpha value is -1.89. The van der Waals surface area contributed by atoms with Gasteiger partial charge in [0.05, 0.1) is 25.5 Å². The van der Waals surface area contributed by atoms with Crippen LogP contribution < -0.4 is 0 Å². The molecule has 1 aromatic heterocycles. The molecule has 26 heavy (non-hydrogen) atoms. The van der Waals surface area contributed by atoms with Gasteiger partial charge >= 0.3 is 6.03 Å². The van der Waals surface area contributed by atoms with Crippen molar-refractivity contribution in [1.29, 1.82) is 0 Å². The third-order valence-electron chi connectivity index (χ3n) is 5.25.